The zero-order valence-electron chi connectivity index (χ0n) is 17.6. The first-order chi connectivity index (χ1) is 15.5. The number of carbonyl (C=O) groups is 3. The number of rotatable bonds is 7. The highest BCUT2D eigenvalue weighted by molar-refractivity contribution is 7.18. The molecular weight excluding hydrogens is 454 g/mol. The third kappa shape index (κ3) is 4.83. The fraction of sp³-hybridized carbons (Fsp3) is 0.409. The summed E-state index contributed by atoms with van der Waals surface area (Å²) in [5.41, 5.74) is 1.33. The van der Waals surface area contributed by atoms with E-state index >= 15 is 0 Å². The van der Waals surface area contributed by atoms with Crippen molar-refractivity contribution in [2.24, 2.45) is 0 Å². The standard InChI is InChI=1S/C22H24ClN3O5S/c1-2-30-17-11-14(6-7-16(17)25-10-4-3-5-20(25)27)26-13-15(31-22(26)29)12-24-21(28)18-8-9-19(23)32-18/h6-9,11,15H,2-5,10,12-13H2,1H3,(H,24,28)/t15-/m0/s1. The maximum Gasteiger partial charge on any atom is 0.414 e. The zero-order valence-corrected chi connectivity index (χ0v) is 19.2. The number of piperidine rings is 1. The van der Waals surface area contributed by atoms with Gasteiger partial charge in [0.05, 0.1) is 40.3 Å². The average molecular weight is 478 g/mol. The Labute approximate surface area is 195 Å². The van der Waals surface area contributed by atoms with Crippen LogP contribution in [0.15, 0.2) is 30.3 Å². The van der Waals surface area contributed by atoms with Crippen molar-refractivity contribution in [1.82, 2.24) is 5.32 Å². The van der Waals surface area contributed by atoms with Gasteiger partial charge in [0.25, 0.3) is 5.91 Å². The minimum atomic E-state index is -0.493. The molecule has 1 atom stereocenters. The first-order valence-corrected chi connectivity index (χ1v) is 11.7. The molecule has 32 heavy (non-hydrogen) atoms. The summed E-state index contributed by atoms with van der Waals surface area (Å²) in [4.78, 5) is 40.8. The number of thiophene rings is 1. The van der Waals surface area contributed by atoms with Crippen molar-refractivity contribution in [2.45, 2.75) is 32.3 Å². The number of hydrogen-bond acceptors (Lipinski definition) is 6. The number of nitrogens with one attached hydrogen (secondary N) is 1. The summed E-state index contributed by atoms with van der Waals surface area (Å²) in [6, 6.07) is 8.67. The van der Waals surface area contributed by atoms with Crippen LogP contribution in [0.4, 0.5) is 16.2 Å². The van der Waals surface area contributed by atoms with E-state index in [1.807, 2.05) is 13.0 Å². The van der Waals surface area contributed by atoms with E-state index in [0.29, 0.717) is 45.9 Å². The number of hydrogen-bond donors (Lipinski definition) is 1. The molecule has 0 spiro atoms. The second-order valence-electron chi connectivity index (χ2n) is 7.52. The number of carbonyl (C=O) groups excluding carboxylic acids is 3. The van der Waals surface area contributed by atoms with Gasteiger partial charge in [0.2, 0.25) is 5.91 Å². The molecule has 1 N–H and O–H groups in total. The summed E-state index contributed by atoms with van der Waals surface area (Å²) in [5, 5.41) is 2.78. The van der Waals surface area contributed by atoms with Crippen molar-refractivity contribution in [3.63, 3.8) is 0 Å². The summed E-state index contributed by atoms with van der Waals surface area (Å²) < 4.78 is 11.8. The Morgan fingerprint density at radius 1 is 1.25 bits per heavy atom. The Bertz CT molecular complexity index is 1030. The molecule has 2 fully saturated rings. The summed E-state index contributed by atoms with van der Waals surface area (Å²) in [6.45, 7) is 3.44. The predicted molar refractivity (Wildman–Crippen MR) is 123 cm³/mol. The van der Waals surface area contributed by atoms with Gasteiger partial charge in [-0.1, -0.05) is 11.6 Å². The molecule has 10 heteroatoms. The number of halogens is 1. The SMILES string of the molecule is CCOc1cc(N2C[C@H](CNC(=O)c3ccc(Cl)s3)OC2=O)ccc1N1CCCCC1=O. The van der Waals surface area contributed by atoms with Crippen molar-refractivity contribution >= 4 is 52.2 Å². The lowest BCUT2D eigenvalue weighted by Gasteiger charge is -2.29. The van der Waals surface area contributed by atoms with E-state index in [0.717, 1.165) is 12.8 Å². The number of nitrogens with zero attached hydrogens (tertiary/aromatic N) is 2. The van der Waals surface area contributed by atoms with Gasteiger partial charge in [0.15, 0.2) is 0 Å². The van der Waals surface area contributed by atoms with Gasteiger partial charge in [-0.2, -0.15) is 0 Å². The van der Waals surface area contributed by atoms with Gasteiger partial charge in [-0.05, 0) is 44.0 Å². The molecule has 1 aromatic carbocycles. The van der Waals surface area contributed by atoms with Gasteiger partial charge in [0, 0.05) is 19.0 Å². The normalized spacial score (nSPS) is 18.6. The quantitative estimate of drug-likeness (QED) is 0.649. The topological polar surface area (TPSA) is 88.2 Å². The van der Waals surface area contributed by atoms with Gasteiger partial charge in [0.1, 0.15) is 11.9 Å². The van der Waals surface area contributed by atoms with E-state index in [1.165, 1.54) is 16.2 Å². The van der Waals surface area contributed by atoms with E-state index in [1.54, 1.807) is 29.2 Å². The van der Waals surface area contributed by atoms with Gasteiger partial charge in [-0.3, -0.25) is 14.5 Å². The minimum Gasteiger partial charge on any atom is -0.492 e. The number of ether oxygens (including phenoxy) is 2. The maximum absolute atomic E-state index is 12.5. The lowest BCUT2D eigenvalue weighted by molar-refractivity contribution is -0.119. The third-order valence-electron chi connectivity index (χ3n) is 5.33. The van der Waals surface area contributed by atoms with Crippen LogP contribution in [-0.2, 0) is 9.53 Å². The minimum absolute atomic E-state index is 0.0772. The highest BCUT2D eigenvalue weighted by atomic mass is 35.5. The Balaban J connectivity index is 1.44. The Morgan fingerprint density at radius 2 is 2.09 bits per heavy atom. The van der Waals surface area contributed by atoms with Crippen LogP contribution in [0.25, 0.3) is 0 Å². The van der Waals surface area contributed by atoms with Crippen LogP contribution in [0.5, 0.6) is 5.75 Å². The van der Waals surface area contributed by atoms with Gasteiger partial charge < -0.3 is 19.7 Å². The summed E-state index contributed by atoms with van der Waals surface area (Å²) >= 11 is 7.06. The average Bonchev–Trinajstić information content (AvgIpc) is 3.38. The van der Waals surface area contributed by atoms with Crippen LogP contribution in [0.3, 0.4) is 0 Å². The van der Waals surface area contributed by atoms with E-state index < -0.39 is 12.2 Å². The molecule has 2 aromatic rings. The molecule has 2 aliphatic heterocycles. The van der Waals surface area contributed by atoms with Gasteiger partial charge >= 0.3 is 6.09 Å². The van der Waals surface area contributed by atoms with Crippen molar-refractivity contribution in [3.05, 3.63) is 39.5 Å². The second kappa shape index (κ2) is 9.79. The molecule has 2 aliphatic rings. The zero-order chi connectivity index (χ0) is 22.7. The van der Waals surface area contributed by atoms with Crippen molar-refractivity contribution in [3.8, 4) is 5.75 Å². The number of benzene rings is 1. The van der Waals surface area contributed by atoms with Crippen LogP contribution < -0.4 is 19.9 Å². The molecule has 0 bridgehead atoms. The summed E-state index contributed by atoms with van der Waals surface area (Å²) in [7, 11) is 0. The second-order valence-corrected chi connectivity index (χ2v) is 9.23. The highest BCUT2D eigenvalue weighted by Gasteiger charge is 2.33. The van der Waals surface area contributed by atoms with Crippen LogP contribution in [-0.4, -0.2) is 50.3 Å². The fourth-order valence-electron chi connectivity index (χ4n) is 3.79. The van der Waals surface area contributed by atoms with Crippen LogP contribution in [0, 0.1) is 0 Å². The molecule has 170 valence electrons. The van der Waals surface area contributed by atoms with E-state index in [2.05, 4.69) is 5.32 Å². The smallest absolute Gasteiger partial charge is 0.414 e. The Hall–Kier alpha value is -2.78. The summed E-state index contributed by atoms with van der Waals surface area (Å²) in [5.74, 6) is 0.373. The monoisotopic (exact) mass is 477 g/mol. The van der Waals surface area contributed by atoms with Crippen LogP contribution in [0.2, 0.25) is 4.34 Å². The van der Waals surface area contributed by atoms with Gasteiger partial charge in [-0.25, -0.2) is 4.79 Å². The predicted octanol–water partition coefficient (Wildman–Crippen LogP) is 4.07. The Morgan fingerprint density at radius 3 is 2.81 bits per heavy atom. The largest absolute Gasteiger partial charge is 0.492 e. The summed E-state index contributed by atoms with van der Waals surface area (Å²) in [6.07, 6.45) is 1.39. The molecule has 8 nitrogen and oxygen atoms in total. The fourth-order valence-corrected chi connectivity index (χ4v) is 4.75. The first kappa shape index (κ1) is 22.4. The van der Waals surface area contributed by atoms with Crippen LogP contribution >= 0.6 is 22.9 Å². The lowest BCUT2D eigenvalue weighted by Crippen LogP contribution is -2.35. The van der Waals surface area contributed by atoms with Crippen LogP contribution in [0.1, 0.15) is 35.9 Å². The van der Waals surface area contributed by atoms with Crippen molar-refractivity contribution in [1.29, 1.82) is 0 Å². The number of anilines is 2. The first-order valence-electron chi connectivity index (χ1n) is 10.5. The lowest BCUT2D eigenvalue weighted by atomic mass is 10.1. The molecule has 2 saturated heterocycles. The number of amides is 3. The van der Waals surface area contributed by atoms with Crippen molar-refractivity contribution < 1.29 is 23.9 Å². The third-order valence-corrected chi connectivity index (χ3v) is 6.56. The molecule has 1 aromatic heterocycles. The molecule has 3 amide bonds. The highest BCUT2D eigenvalue weighted by Crippen LogP contribution is 2.36. The molecule has 0 radical (unpaired) electrons. The molecule has 0 saturated carbocycles. The Kier molecular flexibility index (Phi) is 6.86. The molecule has 0 unspecified atom stereocenters. The maximum atomic E-state index is 12.5. The van der Waals surface area contributed by atoms with E-state index in [-0.39, 0.29) is 24.9 Å². The molecular formula is C22H24ClN3O5S. The van der Waals surface area contributed by atoms with E-state index in [4.69, 9.17) is 21.1 Å². The molecule has 3 heterocycles. The van der Waals surface area contributed by atoms with E-state index in [9.17, 15) is 14.4 Å². The molecule has 0 aliphatic carbocycles. The number of cyclic esters (lactones) is 1. The van der Waals surface area contributed by atoms with Crippen molar-refractivity contribution in [2.75, 3.05) is 36.0 Å². The van der Waals surface area contributed by atoms with Gasteiger partial charge in [-0.15, -0.1) is 11.3 Å². The molecule has 4 rings (SSSR count).